The van der Waals surface area contributed by atoms with Crippen LogP contribution in [0.2, 0.25) is 0 Å². The van der Waals surface area contributed by atoms with Gasteiger partial charge in [0.05, 0.1) is 4.92 Å². The second kappa shape index (κ2) is 3.61. The minimum Gasteiger partial charge on any atom is -0.393 e. The number of rotatable bonds is 2. The Hall–Kier alpha value is -2.04. The summed E-state index contributed by atoms with van der Waals surface area (Å²) < 4.78 is 0. The third kappa shape index (κ3) is 1.76. The second-order valence-electron chi connectivity index (χ2n) is 3.36. The molecular weight excluding hydrogens is 194 g/mol. The van der Waals surface area contributed by atoms with E-state index in [0.29, 0.717) is 0 Å². The number of benzene rings is 1. The molecule has 1 aliphatic heterocycles. The maximum Gasteiger partial charge on any atom is 0.292 e. The van der Waals surface area contributed by atoms with Gasteiger partial charge in [0.25, 0.3) is 5.69 Å². The predicted molar refractivity (Wildman–Crippen MR) is 58.1 cm³/mol. The van der Waals surface area contributed by atoms with E-state index in [0.717, 1.165) is 24.2 Å². The Kier molecular flexibility index (Phi) is 2.29. The molecule has 0 atom stereocenters. The van der Waals surface area contributed by atoms with Gasteiger partial charge in [0.1, 0.15) is 5.69 Å². The number of nitrogen functional groups attached to an aromatic ring is 1. The van der Waals surface area contributed by atoms with Gasteiger partial charge in [-0.2, -0.15) is 0 Å². The molecule has 0 saturated heterocycles. The zero-order valence-electron chi connectivity index (χ0n) is 8.06. The minimum absolute atomic E-state index is 0.0441. The molecule has 0 aromatic heterocycles. The maximum atomic E-state index is 10.5. The molecule has 1 aliphatic rings. The number of nitro groups is 1. The number of nitrogens with one attached hydrogen (secondary N) is 1. The number of anilines is 1. The molecule has 2 rings (SSSR count). The quantitative estimate of drug-likeness (QED) is 0.435. The number of hydrogen-bond acceptors (Lipinski definition) is 4. The highest BCUT2D eigenvalue weighted by Gasteiger charge is 2.13. The lowest BCUT2D eigenvalue weighted by Crippen LogP contribution is -2.06. The standard InChI is InChI=1S/C10H11N3O2/c11-8-6-7(9-2-1-5-12-9)3-4-10(8)13(14)15/h2-4,6,12H,1,5,11H2. The molecule has 5 nitrogen and oxygen atoms in total. The van der Waals surface area contributed by atoms with E-state index >= 15 is 0 Å². The Labute approximate surface area is 86.7 Å². The van der Waals surface area contributed by atoms with Crippen molar-refractivity contribution in [2.24, 2.45) is 0 Å². The molecule has 1 aromatic rings. The molecule has 15 heavy (non-hydrogen) atoms. The molecule has 0 unspecified atom stereocenters. The van der Waals surface area contributed by atoms with Crippen molar-refractivity contribution in [3.05, 3.63) is 40.0 Å². The Morgan fingerprint density at radius 1 is 1.47 bits per heavy atom. The molecule has 0 radical (unpaired) electrons. The Balaban J connectivity index is 2.37. The molecule has 3 N–H and O–H groups in total. The van der Waals surface area contributed by atoms with E-state index in [1.165, 1.54) is 6.07 Å². The number of nitro benzene ring substituents is 1. The van der Waals surface area contributed by atoms with Crippen molar-refractivity contribution in [3.8, 4) is 0 Å². The van der Waals surface area contributed by atoms with Gasteiger partial charge in [-0.3, -0.25) is 10.1 Å². The Morgan fingerprint density at radius 3 is 2.80 bits per heavy atom. The first-order valence-corrected chi connectivity index (χ1v) is 4.67. The van der Waals surface area contributed by atoms with Gasteiger partial charge in [-0.05, 0) is 24.1 Å². The molecule has 0 amide bonds. The van der Waals surface area contributed by atoms with Gasteiger partial charge in [-0.25, -0.2) is 0 Å². The van der Waals surface area contributed by atoms with Crippen molar-refractivity contribution in [3.63, 3.8) is 0 Å². The van der Waals surface area contributed by atoms with E-state index in [1.54, 1.807) is 12.1 Å². The molecule has 1 heterocycles. The smallest absolute Gasteiger partial charge is 0.292 e. The summed E-state index contributed by atoms with van der Waals surface area (Å²) in [6, 6.07) is 4.77. The summed E-state index contributed by atoms with van der Waals surface area (Å²) in [6.07, 6.45) is 3.03. The van der Waals surface area contributed by atoms with Crippen molar-refractivity contribution in [2.75, 3.05) is 12.3 Å². The van der Waals surface area contributed by atoms with Crippen LogP contribution in [0.1, 0.15) is 12.0 Å². The van der Waals surface area contributed by atoms with Crippen LogP contribution in [-0.2, 0) is 0 Å². The van der Waals surface area contributed by atoms with Crippen molar-refractivity contribution in [2.45, 2.75) is 6.42 Å². The first-order chi connectivity index (χ1) is 7.18. The zero-order valence-corrected chi connectivity index (χ0v) is 8.06. The lowest BCUT2D eigenvalue weighted by Gasteiger charge is -2.05. The summed E-state index contributed by atoms with van der Waals surface area (Å²) in [6.45, 7) is 0.909. The summed E-state index contributed by atoms with van der Waals surface area (Å²) in [4.78, 5) is 10.1. The van der Waals surface area contributed by atoms with Gasteiger partial charge in [0.2, 0.25) is 0 Å². The van der Waals surface area contributed by atoms with Gasteiger partial charge < -0.3 is 11.1 Å². The zero-order chi connectivity index (χ0) is 10.8. The lowest BCUT2D eigenvalue weighted by molar-refractivity contribution is -0.383. The summed E-state index contributed by atoms with van der Waals surface area (Å²) >= 11 is 0. The topological polar surface area (TPSA) is 81.2 Å². The van der Waals surface area contributed by atoms with Crippen LogP contribution in [0.4, 0.5) is 11.4 Å². The average molecular weight is 205 g/mol. The molecule has 1 aromatic carbocycles. The molecule has 0 spiro atoms. The second-order valence-corrected chi connectivity index (χ2v) is 3.36. The lowest BCUT2D eigenvalue weighted by atomic mass is 10.1. The largest absolute Gasteiger partial charge is 0.393 e. The predicted octanol–water partition coefficient (Wildman–Crippen LogP) is 1.51. The fourth-order valence-corrected chi connectivity index (χ4v) is 1.60. The molecule has 0 saturated carbocycles. The van der Waals surface area contributed by atoms with E-state index < -0.39 is 4.92 Å². The van der Waals surface area contributed by atoms with Crippen molar-refractivity contribution >= 4 is 17.1 Å². The summed E-state index contributed by atoms with van der Waals surface area (Å²) in [5.41, 5.74) is 7.65. The normalized spacial score (nSPS) is 14.5. The van der Waals surface area contributed by atoms with E-state index in [2.05, 4.69) is 11.4 Å². The summed E-state index contributed by atoms with van der Waals surface area (Å²) in [7, 11) is 0. The Bertz CT molecular complexity index is 440. The first kappa shape index (κ1) is 9.51. The van der Waals surface area contributed by atoms with Crippen LogP contribution >= 0.6 is 0 Å². The molecule has 5 heteroatoms. The van der Waals surface area contributed by atoms with Gasteiger partial charge in [0, 0.05) is 18.3 Å². The fraction of sp³-hybridized carbons (Fsp3) is 0.200. The average Bonchev–Trinajstić information content (AvgIpc) is 2.69. The maximum absolute atomic E-state index is 10.5. The third-order valence-electron chi connectivity index (χ3n) is 2.34. The van der Waals surface area contributed by atoms with Gasteiger partial charge in [-0.1, -0.05) is 6.08 Å². The van der Waals surface area contributed by atoms with Gasteiger partial charge in [-0.15, -0.1) is 0 Å². The highest BCUT2D eigenvalue weighted by molar-refractivity contribution is 5.72. The monoisotopic (exact) mass is 205 g/mol. The van der Waals surface area contributed by atoms with Crippen LogP contribution < -0.4 is 11.1 Å². The highest BCUT2D eigenvalue weighted by Crippen LogP contribution is 2.26. The number of nitrogens with zero attached hydrogens (tertiary/aromatic N) is 1. The molecule has 0 fully saturated rings. The van der Waals surface area contributed by atoms with Gasteiger partial charge in [0.15, 0.2) is 0 Å². The van der Waals surface area contributed by atoms with E-state index in [1.807, 2.05) is 0 Å². The number of nitrogens with two attached hydrogens (primary N) is 1. The van der Waals surface area contributed by atoms with Gasteiger partial charge >= 0.3 is 0 Å². The van der Waals surface area contributed by atoms with Crippen LogP contribution in [-0.4, -0.2) is 11.5 Å². The van der Waals surface area contributed by atoms with E-state index in [4.69, 9.17) is 5.73 Å². The van der Waals surface area contributed by atoms with Crippen molar-refractivity contribution in [1.29, 1.82) is 0 Å². The summed E-state index contributed by atoms with van der Waals surface area (Å²) in [5.74, 6) is 0. The third-order valence-corrected chi connectivity index (χ3v) is 2.34. The Morgan fingerprint density at radius 2 is 2.27 bits per heavy atom. The molecule has 0 aliphatic carbocycles. The SMILES string of the molecule is Nc1cc(C2=CCCN2)ccc1[N+](=O)[O-]. The molecule has 78 valence electrons. The minimum atomic E-state index is -0.477. The van der Waals surface area contributed by atoms with Crippen LogP contribution in [0.15, 0.2) is 24.3 Å². The summed E-state index contributed by atoms with van der Waals surface area (Å²) in [5, 5.41) is 13.7. The number of hydrogen-bond donors (Lipinski definition) is 2. The van der Waals surface area contributed by atoms with Crippen LogP contribution in [0.3, 0.4) is 0 Å². The fourth-order valence-electron chi connectivity index (χ4n) is 1.60. The van der Waals surface area contributed by atoms with E-state index in [-0.39, 0.29) is 11.4 Å². The highest BCUT2D eigenvalue weighted by atomic mass is 16.6. The van der Waals surface area contributed by atoms with Crippen molar-refractivity contribution in [1.82, 2.24) is 5.32 Å². The van der Waals surface area contributed by atoms with Crippen LogP contribution in [0.25, 0.3) is 5.70 Å². The van der Waals surface area contributed by atoms with Crippen LogP contribution in [0.5, 0.6) is 0 Å². The molecule has 0 bridgehead atoms. The van der Waals surface area contributed by atoms with Crippen LogP contribution in [0, 0.1) is 10.1 Å². The first-order valence-electron chi connectivity index (χ1n) is 4.67. The van der Waals surface area contributed by atoms with Crippen molar-refractivity contribution < 1.29 is 4.92 Å². The molecular formula is C10H11N3O2. The van der Waals surface area contributed by atoms with E-state index in [9.17, 15) is 10.1 Å².